The van der Waals surface area contributed by atoms with E-state index in [1.807, 2.05) is 0 Å². The van der Waals surface area contributed by atoms with Gasteiger partial charge >= 0.3 is 6.18 Å². The van der Waals surface area contributed by atoms with Crippen LogP contribution < -0.4 is 5.32 Å². The lowest BCUT2D eigenvalue weighted by molar-refractivity contribution is -0.137. The summed E-state index contributed by atoms with van der Waals surface area (Å²) in [4.78, 5) is 3.78. The third kappa shape index (κ3) is 3.67. The normalized spacial score (nSPS) is 11.4. The summed E-state index contributed by atoms with van der Waals surface area (Å²) in [5, 5.41) is 2.89. The van der Waals surface area contributed by atoms with E-state index in [4.69, 9.17) is 0 Å². The molecule has 1 aromatic carbocycles. The Kier molecular flexibility index (Phi) is 3.69. The van der Waals surface area contributed by atoms with Crippen molar-refractivity contribution < 1.29 is 17.6 Å². The number of rotatable bonds is 3. The zero-order valence-corrected chi connectivity index (χ0v) is 9.71. The maximum Gasteiger partial charge on any atom is 0.416 e. The van der Waals surface area contributed by atoms with Crippen LogP contribution in [0.1, 0.15) is 11.1 Å². The van der Waals surface area contributed by atoms with Gasteiger partial charge in [0.1, 0.15) is 11.6 Å². The predicted molar refractivity (Wildman–Crippen MR) is 63.0 cm³/mol. The fourth-order valence-corrected chi connectivity index (χ4v) is 1.48. The van der Waals surface area contributed by atoms with E-state index in [-0.39, 0.29) is 0 Å². The molecule has 6 heteroatoms. The van der Waals surface area contributed by atoms with Crippen molar-refractivity contribution in [1.29, 1.82) is 0 Å². The third-order valence-corrected chi connectivity index (χ3v) is 2.48. The topological polar surface area (TPSA) is 24.9 Å². The molecule has 0 radical (unpaired) electrons. The highest BCUT2D eigenvalue weighted by atomic mass is 19.4. The molecule has 0 aliphatic heterocycles. The smallest absolute Gasteiger partial charge is 0.366 e. The van der Waals surface area contributed by atoms with E-state index in [1.54, 1.807) is 0 Å². The first-order valence-electron chi connectivity index (χ1n) is 5.47. The lowest BCUT2D eigenvalue weighted by atomic mass is 10.1. The average molecular weight is 270 g/mol. The lowest BCUT2D eigenvalue weighted by Crippen LogP contribution is -2.06. The SMILES string of the molecule is Fc1ccc(NCc2ccc(C(F)(F)F)cc2)nc1. The van der Waals surface area contributed by atoms with Crippen molar-refractivity contribution in [2.45, 2.75) is 12.7 Å². The Morgan fingerprint density at radius 1 is 1.00 bits per heavy atom. The van der Waals surface area contributed by atoms with Crippen LogP contribution in [0.25, 0.3) is 0 Å². The number of halogens is 4. The summed E-state index contributed by atoms with van der Waals surface area (Å²) in [5.74, 6) is 0.0152. The van der Waals surface area contributed by atoms with Crippen molar-refractivity contribution in [3.05, 3.63) is 59.5 Å². The van der Waals surface area contributed by atoms with Gasteiger partial charge in [0.05, 0.1) is 11.8 Å². The van der Waals surface area contributed by atoms with Gasteiger partial charge in [0.15, 0.2) is 0 Å². The molecular weight excluding hydrogens is 260 g/mol. The second-order valence-electron chi connectivity index (χ2n) is 3.91. The van der Waals surface area contributed by atoms with E-state index in [0.29, 0.717) is 17.9 Å². The van der Waals surface area contributed by atoms with Crippen LogP contribution in [-0.2, 0) is 12.7 Å². The molecule has 0 saturated heterocycles. The van der Waals surface area contributed by atoms with Gasteiger partial charge in [-0.2, -0.15) is 13.2 Å². The highest BCUT2D eigenvalue weighted by molar-refractivity contribution is 5.35. The van der Waals surface area contributed by atoms with Crippen LogP contribution >= 0.6 is 0 Å². The van der Waals surface area contributed by atoms with Gasteiger partial charge in [-0.3, -0.25) is 0 Å². The second kappa shape index (κ2) is 5.26. The van der Waals surface area contributed by atoms with Gasteiger partial charge in [0.25, 0.3) is 0 Å². The molecule has 0 saturated carbocycles. The van der Waals surface area contributed by atoms with Gasteiger partial charge in [-0.25, -0.2) is 9.37 Å². The molecule has 0 spiro atoms. The summed E-state index contributed by atoms with van der Waals surface area (Å²) in [6, 6.07) is 7.53. The molecule has 19 heavy (non-hydrogen) atoms. The molecule has 2 rings (SSSR count). The molecule has 0 atom stereocenters. The second-order valence-corrected chi connectivity index (χ2v) is 3.91. The minimum absolute atomic E-state index is 0.316. The fraction of sp³-hybridized carbons (Fsp3) is 0.154. The number of aromatic nitrogens is 1. The maximum absolute atomic E-state index is 12.6. The number of alkyl halides is 3. The van der Waals surface area contributed by atoms with Gasteiger partial charge < -0.3 is 5.32 Å². The van der Waals surface area contributed by atoms with Crippen molar-refractivity contribution in [2.24, 2.45) is 0 Å². The minimum atomic E-state index is -4.33. The van der Waals surface area contributed by atoms with Crippen LogP contribution in [0.3, 0.4) is 0 Å². The third-order valence-electron chi connectivity index (χ3n) is 2.48. The predicted octanol–water partition coefficient (Wildman–Crippen LogP) is 3.85. The molecule has 2 aromatic rings. The highest BCUT2D eigenvalue weighted by Gasteiger charge is 2.29. The molecule has 100 valence electrons. The van der Waals surface area contributed by atoms with Crippen LogP contribution in [-0.4, -0.2) is 4.98 Å². The Bertz CT molecular complexity index is 532. The van der Waals surface area contributed by atoms with Crippen molar-refractivity contribution in [1.82, 2.24) is 4.98 Å². The molecule has 0 aliphatic rings. The summed E-state index contributed by atoms with van der Waals surface area (Å²) < 4.78 is 49.7. The number of benzene rings is 1. The van der Waals surface area contributed by atoms with Crippen molar-refractivity contribution in [3.8, 4) is 0 Å². The van der Waals surface area contributed by atoms with Gasteiger partial charge in [-0.15, -0.1) is 0 Å². The quantitative estimate of drug-likeness (QED) is 0.857. The molecule has 1 heterocycles. The van der Waals surface area contributed by atoms with Crippen LogP contribution in [0, 0.1) is 5.82 Å². The Morgan fingerprint density at radius 3 is 2.21 bits per heavy atom. The standard InChI is InChI=1S/C13H10F4N2/c14-11-5-6-12(19-8-11)18-7-9-1-3-10(4-2-9)13(15,16)17/h1-6,8H,7H2,(H,18,19). The molecule has 0 bridgehead atoms. The van der Waals surface area contributed by atoms with E-state index in [2.05, 4.69) is 10.3 Å². The fourth-order valence-electron chi connectivity index (χ4n) is 1.48. The van der Waals surface area contributed by atoms with Crippen molar-refractivity contribution >= 4 is 5.82 Å². The zero-order valence-electron chi connectivity index (χ0n) is 9.71. The zero-order chi connectivity index (χ0) is 13.9. The van der Waals surface area contributed by atoms with Gasteiger partial charge in [0.2, 0.25) is 0 Å². The summed E-state index contributed by atoms with van der Waals surface area (Å²) in [6.45, 7) is 0.316. The number of pyridine rings is 1. The minimum Gasteiger partial charge on any atom is -0.366 e. The number of hydrogen-bond acceptors (Lipinski definition) is 2. The van der Waals surface area contributed by atoms with Crippen LogP contribution in [0.2, 0.25) is 0 Å². The Balaban J connectivity index is 1.98. The van der Waals surface area contributed by atoms with Crippen LogP contribution in [0.4, 0.5) is 23.4 Å². The van der Waals surface area contributed by atoms with E-state index in [9.17, 15) is 17.6 Å². The molecular formula is C13H10F4N2. The van der Waals surface area contributed by atoms with Crippen LogP contribution in [0.15, 0.2) is 42.6 Å². The number of nitrogens with one attached hydrogen (secondary N) is 1. The average Bonchev–Trinajstić information content (AvgIpc) is 2.37. The van der Waals surface area contributed by atoms with Crippen molar-refractivity contribution in [2.75, 3.05) is 5.32 Å². The number of nitrogens with zero attached hydrogens (tertiary/aromatic N) is 1. The monoisotopic (exact) mass is 270 g/mol. The maximum atomic E-state index is 12.6. The molecule has 0 unspecified atom stereocenters. The van der Waals surface area contributed by atoms with E-state index in [1.165, 1.54) is 24.3 Å². The Labute approximate surface area is 107 Å². The number of anilines is 1. The Hall–Kier alpha value is -2.11. The largest absolute Gasteiger partial charge is 0.416 e. The van der Waals surface area contributed by atoms with Gasteiger partial charge in [-0.1, -0.05) is 12.1 Å². The summed E-state index contributed by atoms with van der Waals surface area (Å²) >= 11 is 0. The molecule has 2 nitrogen and oxygen atoms in total. The number of hydrogen-bond donors (Lipinski definition) is 1. The lowest BCUT2D eigenvalue weighted by Gasteiger charge is -2.08. The Morgan fingerprint density at radius 2 is 1.68 bits per heavy atom. The first-order valence-corrected chi connectivity index (χ1v) is 5.47. The first kappa shape index (κ1) is 13.3. The van der Waals surface area contributed by atoms with Gasteiger partial charge in [-0.05, 0) is 29.8 Å². The first-order chi connectivity index (χ1) is 8.95. The van der Waals surface area contributed by atoms with Crippen molar-refractivity contribution in [3.63, 3.8) is 0 Å². The van der Waals surface area contributed by atoms with E-state index < -0.39 is 17.6 Å². The summed E-state index contributed by atoms with van der Waals surface area (Å²) in [7, 11) is 0. The summed E-state index contributed by atoms with van der Waals surface area (Å²) in [5.41, 5.74) is -0.00437. The highest BCUT2D eigenvalue weighted by Crippen LogP contribution is 2.29. The van der Waals surface area contributed by atoms with Gasteiger partial charge in [0, 0.05) is 6.54 Å². The molecule has 0 fully saturated rings. The van der Waals surface area contributed by atoms with E-state index in [0.717, 1.165) is 18.3 Å². The molecule has 1 aromatic heterocycles. The molecule has 0 aliphatic carbocycles. The molecule has 1 N–H and O–H groups in total. The molecule has 0 amide bonds. The van der Waals surface area contributed by atoms with E-state index >= 15 is 0 Å². The van der Waals surface area contributed by atoms with Crippen LogP contribution in [0.5, 0.6) is 0 Å². The summed E-state index contributed by atoms with van der Waals surface area (Å²) in [6.07, 6.45) is -3.26.